The number of ether oxygens (including phenoxy) is 2. The number of nitrogens with zero attached hydrogens (tertiary/aromatic N) is 4. The molecule has 10 heteroatoms. The monoisotopic (exact) mass is 546 g/mol. The van der Waals surface area contributed by atoms with Crippen molar-refractivity contribution in [2.45, 2.75) is 45.4 Å². The molecule has 6 rings (SSSR count). The zero-order valence-corrected chi connectivity index (χ0v) is 22.6. The Hall–Kier alpha value is -3.76. The minimum absolute atomic E-state index is 0.136. The van der Waals surface area contributed by atoms with Gasteiger partial charge in [-0.25, -0.2) is 9.18 Å². The number of nitrogens with one attached hydrogen (secondary N) is 1. The number of aromatic nitrogens is 4. The predicted molar refractivity (Wildman–Crippen MR) is 152 cm³/mol. The van der Waals surface area contributed by atoms with Crippen LogP contribution in [0.1, 0.15) is 42.4 Å². The lowest BCUT2D eigenvalue weighted by Gasteiger charge is -2.21. The number of nitrogen functional groups attached to an aromatic ring is 1. The summed E-state index contributed by atoms with van der Waals surface area (Å²) in [7, 11) is 0. The lowest BCUT2D eigenvalue weighted by Crippen LogP contribution is -2.22. The summed E-state index contributed by atoms with van der Waals surface area (Å²) in [4.78, 5) is 26.8. The van der Waals surface area contributed by atoms with Gasteiger partial charge >= 0.3 is 11.7 Å². The molecule has 4 heterocycles. The Morgan fingerprint density at radius 1 is 1.02 bits per heavy atom. The van der Waals surface area contributed by atoms with Crippen LogP contribution >= 0.6 is 0 Å². The molecule has 2 aliphatic heterocycles. The molecule has 0 saturated carbocycles. The molecule has 2 fully saturated rings. The predicted octanol–water partition coefficient (Wildman–Crippen LogP) is 4.29. The number of imidazole rings is 1. The van der Waals surface area contributed by atoms with Gasteiger partial charge < -0.3 is 20.2 Å². The second-order valence-electron chi connectivity index (χ2n) is 10.8. The molecular formula is C30H35FN6O3. The summed E-state index contributed by atoms with van der Waals surface area (Å²) in [6.07, 6.45) is 4.37. The average molecular weight is 547 g/mol. The van der Waals surface area contributed by atoms with Crippen LogP contribution in [0.25, 0.3) is 22.3 Å². The van der Waals surface area contributed by atoms with E-state index in [1.165, 1.54) is 23.0 Å². The van der Waals surface area contributed by atoms with Gasteiger partial charge in [-0.1, -0.05) is 42.5 Å². The van der Waals surface area contributed by atoms with Crippen LogP contribution in [0.3, 0.4) is 0 Å². The summed E-state index contributed by atoms with van der Waals surface area (Å²) in [5.74, 6) is 0.511. The smallest absolute Gasteiger partial charge is 0.328 e. The normalized spacial score (nSPS) is 16.6. The lowest BCUT2D eigenvalue weighted by atomic mass is 9.97. The number of hydrogen-bond donors (Lipinski definition) is 2. The molecule has 9 nitrogen and oxygen atoms in total. The van der Waals surface area contributed by atoms with Gasteiger partial charge in [-0.15, -0.1) is 0 Å². The Balaban J connectivity index is 1.21. The molecular weight excluding hydrogens is 511 g/mol. The summed E-state index contributed by atoms with van der Waals surface area (Å²) in [5.41, 5.74) is 10.9. The van der Waals surface area contributed by atoms with Crippen molar-refractivity contribution in [1.29, 1.82) is 0 Å². The molecule has 2 aromatic heterocycles. The van der Waals surface area contributed by atoms with E-state index in [9.17, 15) is 9.18 Å². The topological polar surface area (TPSA) is 111 Å². The summed E-state index contributed by atoms with van der Waals surface area (Å²) in [5, 5.41) is 0. The van der Waals surface area contributed by atoms with Gasteiger partial charge in [0.2, 0.25) is 0 Å². The molecule has 0 unspecified atom stereocenters. The highest BCUT2D eigenvalue weighted by molar-refractivity contribution is 5.82. The van der Waals surface area contributed by atoms with Gasteiger partial charge in [0.05, 0.1) is 13.2 Å². The fourth-order valence-electron chi connectivity index (χ4n) is 5.66. The van der Waals surface area contributed by atoms with Gasteiger partial charge in [-0.05, 0) is 72.5 Å². The van der Waals surface area contributed by atoms with Crippen molar-refractivity contribution < 1.29 is 13.9 Å². The number of likely N-dealkylation sites (tertiary alicyclic amines) is 1. The minimum atomic E-state index is -0.610. The van der Waals surface area contributed by atoms with Gasteiger partial charge in [0.1, 0.15) is 12.2 Å². The molecule has 2 aromatic carbocycles. The number of alkyl halides is 1. The van der Waals surface area contributed by atoms with E-state index in [1.807, 2.05) is 18.2 Å². The number of benzene rings is 2. The van der Waals surface area contributed by atoms with Crippen LogP contribution in [-0.2, 0) is 24.5 Å². The minimum Gasteiger partial charge on any atom is -0.463 e. The number of fused-ring (bicyclic) bond motifs is 1. The maximum absolute atomic E-state index is 14.2. The molecule has 0 bridgehead atoms. The van der Waals surface area contributed by atoms with Crippen LogP contribution in [0.15, 0.2) is 47.3 Å². The molecule has 2 aliphatic rings. The van der Waals surface area contributed by atoms with Crippen molar-refractivity contribution in [2.24, 2.45) is 5.92 Å². The number of halogens is 1. The highest BCUT2D eigenvalue weighted by Gasteiger charge is 2.19. The first-order chi connectivity index (χ1) is 19.6. The SMILES string of the molecule is Nc1nc(OCC2CCOCC2)nc2c1[nH]c(=O)n2Cc1ccc(-c2ccc(CN3CCCC3)cc2)c(CF)c1. The Kier molecular flexibility index (Phi) is 7.79. The van der Waals surface area contributed by atoms with Crippen molar-refractivity contribution in [1.82, 2.24) is 24.4 Å². The molecule has 40 heavy (non-hydrogen) atoms. The Morgan fingerprint density at radius 3 is 2.52 bits per heavy atom. The number of H-pyrrole nitrogens is 1. The number of aromatic amines is 1. The van der Waals surface area contributed by atoms with Crippen molar-refractivity contribution in [3.05, 3.63) is 69.6 Å². The summed E-state index contributed by atoms with van der Waals surface area (Å²) < 4.78 is 27.0. The van der Waals surface area contributed by atoms with Gasteiger partial charge in [0.25, 0.3) is 0 Å². The van der Waals surface area contributed by atoms with Gasteiger partial charge in [0.15, 0.2) is 11.5 Å². The second-order valence-corrected chi connectivity index (χ2v) is 10.8. The first kappa shape index (κ1) is 26.5. The van der Waals surface area contributed by atoms with Gasteiger partial charge in [-0.3, -0.25) is 9.47 Å². The van der Waals surface area contributed by atoms with Gasteiger partial charge in [0, 0.05) is 19.8 Å². The summed E-state index contributed by atoms with van der Waals surface area (Å²) >= 11 is 0. The number of hydrogen-bond acceptors (Lipinski definition) is 7. The maximum atomic E-state index is 14.2. The number of rotatable bonds is 9. The van der Waals surface area contributed by atoms with Crippen LogP contribution in [-0.4, -0.2) is 57.3 Å². The lowest BCUT2D eigenvalue weighted by molar-refractivity contribution is 0.0483. The Bertz CT molecular complexity index is 1520. The first-order valence-electron chi connectivity index (χ1n) is 14.0. The second kappa shape index (κ2) is 11.8. The summed E-state index contributed by atoms with van der Waals surface area (Å²) in [6.45, 7) is 4.75. The van der Waals surface area contributed by atoms with Crippen molar-refractivity contribution in [2.75, 3.05) is 38.6 Å². The fourth-order valence-corrected chi connectivity index (χ4v) is 5.66. The van der Waals surface area contributed by atoms with E-state index < -0.39 is 6.67 Å². The molecule has 0 spiro atoms. The van der Waals surface area contributed by atoms with Crippen molar-refractivity contribution in [3.63, 3.8) is 0 Å². The Morgan fingerprint density at radius 2 is 1.77 bits per heavy atom. The van der Waals surface area contributed by atoms with Crippen LogP contribution in [0, 0.1) is 5.92 Å². The molecule has 2 saturated heterocycles. The van der Waals surface area contributed by atoms with E-state index in [1.54, 1.807) is 0 Å². The van der Waals surface area contributed by atoms with E-state index in [2.05, 4.69) is 44.1 Å². The highest BCUT2D eigenvalue weighted by Crippen LogP contribution is 2.28. The zero-order valence-electron chi connectivity index (χ0n) is 22.6. The molecule has 0 amide bonds. The third-order valence-corrected chi connectivity index (χ3v) is 7.94. The van der Waals surface area contributed by atoms with Crippen LogP contribution in [0.5, 0.6) is 6.01 Å². The third kappa shape index (κ3) is 5.73. The molecule has 0 atom stereocenters. The zero-order chi connectivity index (χ0) is 27.5. The average Bonchev–Trinajstić information content (AvgIpc) is 3.61. The first-order valence-corrected chi connectivity index (χ1v) is 14.0. The largest absolute Gasteiger partial charge is 0.463 e. The molecule has 0 radical (unpaired) electrons. The van der Waals surface area contributed by atoms with Gasteiger partial charge in [-0.2, -0.15) is 9.97 Å². The molecule has 210 valence electrons. The maximum Gasteiger partial charge on any atom is 0.328 e. The van der Waals surface area contributed by atoms with E-state index in [0.717, 1.165) is 62.4 Å². The van der Waals surface area contributed by atoms with E-state index in [4.69, 9.17) is 15.2 Å². The van der Waals surface area contributed by atoms with E-state index in [-0.39, 0.29) is 24.1 Å². The van der Waals surface area contributed by atoms with Crippen LogP contribution in [0.4, 0.5) is 10.2 Å². The van der Waals surface area contributed by atoms with Crippen LogP contribution < -0.4 is 16.2 Å². The van der Waals surface area contributed by atoms with E-state index >= 15 is 0 Å². The standard InChI is InChI=1S/C30H35FN6O3/c31-16-24-15-22(5-8-25(24)23-6-3-20(4-7-23)17-36-11-1-2-12-36)18-37-28-26(33-30(37)38)27(32)34-29(35-28)40-19-21-9-13-39-14-10-21/h3-8,15,21H,1-2,9-14,16-19H2,(H,33,38)(H2,32,34,35). The fraction of sp³-hybridized carbons (Fsp3) is 0.433. The number of nitrogens with two attached hydrogens (primary N) is 1. The Labute approximate surface area is 232 Å². The third-order valence-electron chi connectivity index (χ3n) is 7.94. The quantitative estimate of drug-likeness (QED) is 0.322. The summed E-state index contributed by atoms with van der Waals surface area (Å²) in [6, 6.07) is 14.2. The molecule has 0 aliphatic carbocycles. The number of anilines is 1. The van der Waals surface area contributed by atoms with Crippen molar-refractivity contribution in [3.8, 4) is 17.1 Å². The van der Waals surface area contributed by atoms with Crippen LogP contribution in [0.2, 0.25) is 0 Å². The highest BCUT2D eigenvalue weighted by atomic mass is 19.1. The van der Waals surface area contributed by atoms with Crippen molar-refractivity contribution >= 4 is 17.0 Å². The molecule has 4 aromatic rings. The van der Waals surface area contributed by atoms with E-state index in [0.29, 0.717) is 29.3 Å². The molecule has 3 N–H and O–H groups in total.